The van der Waals surface area contributed by atoms with Crippen LogP contribution in [0.5, 0.6) is 0 Å². The molecular formula is C14H11BrN4O2. The van der Waals surface area contributed by atoms with Gasteiger partial charge in [-0.05, 0) is 36.4 Å². The standard InChI is InChI=1S/C14H11BrN4O2/c15-10-4-6-11(7-5-10)18-13(20)14(21)19-17-9-12-3-1-2-8-16-12/h1-9H,(H,18,20)(H,19,21)/b17-9-. The minimum Gasteiger partial charge on any atom is -0.318 e. The number of anilines is 1. The van der Waals surface area contributed by atoms with E-state index in [-0.39, 0.29) is 0 Å². The molecule has 2 N–H and O–H groups in total. The van der Waals surface area contributed by atoms with Crippen molar-refractivity contribution >= 4 is 39.6 Å². The van der Waals surface area contributed by atoms with Crippen LogP contribution in [0.25, 0.3) is 0 Å². The lowest BCUT2D eigenvalue weighted by atomic mass is 10.3. The Balaban J connectivity index is 1.87. The van der Waals surface area contributed by atoms with Crippen molar-refractivity contribution in [1.82, 2.24) is 10.4 Å². The second kappa shape index (κ2) is 7.30. The summed E-state index contributed by atoms with van der Waals surface area (Å²) in [7, 11) is 0. The maximum Gasteiger partial charge on any atom is 0.329 e. The van der Waals surface area contributed by atoms with Crippen molar-refractivity contribution in [3.8, 4) is 0 Å². The molecule has 21 heavy (non-hydrogen) atoms. The summed E-state index contributed by atoms with van der Waals surface area (Å²) in [5.74, 6) is -1.65. The maximum absolute atomic E-state index is 11.6. The number of rotatable bonds is 3. The highest BCUT2D eigenvalue weighted by Crippen LogP contribution is 2.13. The van der Waals surface area contributed by atoms with Crippen LogP contribution in [0.3, 0.4) is 0 Å². The highest BCUT2D eigenvalue weighted by Gasteiger charge is 2.12. The number of hydrogen-bond acceptors (Lipinski definition) is 4. The summed E-state index contributed by atoms with van der Waals surface area (Å²) in [6.07, 6.45) is 2.95. The Kier molecular flexibility index (Phi) is 5.16. The number of hydrogen-bond donors (Lipinski definition) is 2. The molecule has 0 saturated heterocycles. The van der Waals surface area contributed by atoms with Gasteiger partial charge < -0.3 is 5.32 Å². The Bertz CT molecular complexity index is 656. The quantitative estimate of drug-likeness (QED) is 0.506. The Morgan fingerprint density at radius 2 is 1.86 bits per heavy atom. The molecule has 1 aromatic carbocycles. The molecule has 7 heteroatoms. The smallest absolute Gasteiger partial charge is 0.318 e. The van der Waals surface area contributed by atoms with E-state index >= 15 is 0 Å². The van der Waals surface area contributed by atoms with Gasteiger partial charge >= 0.3 is 11.8 Å². The van der Waals surface area contributed by atoms with E-state index in [1.54, 1.807) is 48.7 Å². The molecule has 0 aliphatic rings. The molecular weight excluding hydrogens is 336 g/mol. The number of carbonyl (C=O) groups excluding carboxylic acids is 2. The Labute approximate surface area is 129 Å². The molecule has 0 unspecified atom stereocenters. The Morgan fingerprint density at radius 3 is 2.52 bits per heavy atom. The van der Waals surface area contributed by atoms with E-state index in [4.69, 9.17) is 0 Å². The number of pyridine rings is 1. The fraction of sp³-hybridized carbons (Fsp3) is 0. The summed E-state index contributed by atoms with van der Waals surface area (Å²) < 4.78 is 0.880. The number of nitrogens with one attached hydrogen (secondary N) is 2. The molecule has 2 amide bonds. The normalized spacial score (nSPS) is 10.3. The van der Waals surface area contributed by atoms with Crippen LogP contribution in [-0.2, 0) is 9.59 Å². The molecule has 0 saturated carbocycles. The lowest BCUT2D eigenvalue weighted by Gasteiger charge is -2.03. The fourth-order valence-corrected chi connectivity index (χ4v) is 1.65. The molecule has 0 radical (unpaired) electrons. The number of hydrazone groups is 1. The summed E-state index contributed by atoms with van der Waals surface area (Å²) in [4.78, 5) is 27.1. The van der Waals surface area contributed by atoms with Crippen LogP contribution in [0, 0.1) is 0 Å². The summed E-state index contributed by atoms with van der Waals surface area (Å²) in [6.45, 7) is 0. The molecule has 6 nitrogen and oxygen atoms in total. The second-order valence-electron chi connectivity index (χ2n) is 3.91. The molecule has 106 valence electrons. The third-order valence-corrected chi connectivity index (χ3v) is 2.89. The summed E-state index contributed by atoms with van der Waals surface area (Å²) in [6, 6.07) is 12.1. The van der Waals surface area contributed by atoms with Crippen LogP contribution in [0.2, 0.25) is 0 Å². The number of nitrogens with zero attached hydrogens (tertiary/aromatic N) is 2. The highest BCUT2D eigenvalue weighted by molar-refractivity contribution is 9.10. The van der Waals surface area contributed by atoms with Crippen LogP contribution in [0.4, 0.5) is 5.69 Å². The molecule has 2 rings (SSSR count). The predicted molar refractivity (Wildman–Crippen MR) is 82.7 cm³/mol. The fourth-order valence-electron chi connectivity index (χ4n) is 1.38. The van der Waals surface area contributed by atoms with Gasteiger partial charge in [-0.1, -0.05) is 22.0 Å². The van der Waals surface area contributed by atoms with Gasteiger partial charge in [0.25, 0.3) is 0 Å². The van der Waals surface area contributed by atoms with E-state index in [1.807, 2.05) is 0 Å². The lowest BCUT2D eigenvalue weighted by molar-refractivity contribution is -0.136. The Hall–Kier alpha value is -2.54. The van der Waals surface area contributed by atoms with Gasteiger partial charge in [0.1, 0.15) is 0 Å². The first kappa shape index (κ1) is 14.9. The van der Waals surface area contributed by atoms with E-state index in [2.05, 4.69) is 36.8 Å². The first-order valence-corrected chi connectivity index (χ1v) is 6.75. The Morgan fingerprint density at radius 1 is 1.10 bits per heavy atom. The summed E-state index contributed by atoms with van der Waals surface area (Å²) in [5, 5.41) is 6.12. The number of carbonyl (C=O) groups is 2. The van der Waals surface area contributed by atoms with Crippen molar-refractivity contribution in [2.75, 3.05) is 5.32 Å². The van der Waals surface area contributed by atoms with Gasteiger partial charge in [-0.15, -0.1) is 0 Å². The number of halogens is 1. The molecule has 1 heterocycles. The van der Waals surface area contributed by atoms with Crippen molar-refractivity contribution < 1.29 is 9.59 Å². The van der Waals surface area contributed by atoms with Crippen LogP contribution in [-0.4, -0.2) is 23.0 Å². The van der Waals surface area contributed by atoms with Gasteiger partial charge in [0.15, 0.2) is 0 Å². The van der Waals surface area contributed by atoms with Gasteiger partial charge in [-0.2, -0.15) is 5.10 Å². The minimum atomic E-state index is -0.856. The number of amides is 2. The maximum atomic E-state index is 11.6. The molecule has 0 aliphatic carbocycles. The van der Waals surface area contributed by atoms with Gasteiger partial charge in [-0.3, -0.25) is 14.6 Å². The summed E-state index contributed by atoms with van der Waals surface area (Å²) in [5.41, 5.74) is 3.23. The number of benzene rings is 1. The van der Waals surface area contributed by atoms with Gasteiger partial charge in [-0.25, -0.2) is 5.43 Å². The second-order valence-corrected chi connectivity index (χ2v) is 4.83. The monoisotopic (exact) mass is 346 g/mol. The number of aromatic nitrogens is 1. The average Bonchev–Trinajstić information content (AvgIpc) is 2.50. The van der Waals surface area contributed by atoms with Gasteiger partial charge in [0.2, 0.25) is 0 Å². The van der Waals surface area contributed by atoms with Crippen molar-refractivity contribution in [3.05, 3.63) is 58.8 Å². The minimum absolute atomic E-state index is 0.520. The van der Waals surface area contributed by atoms with E-state index < -0.39 is 11.8 Å². The highest BCUT2D eigenvalue weighted by atomic mass is 79.9. The molecule has 0 aliphatic heterocycles. The van der Waals surface area contributed by atoms with Gasteiger partial charge in [0.05, 0.1) is 11.9 Å². The molecule has 0 atom stereocenters. The largest absolute Gasteiger partial charge is 0.329 e. The van der Waals surface area contributed by atoms with Crippen molar-refractivity contribution in [2.24, 2.45) is 5.10 Å². The van der Waals surface area contributed by atoms with Crippen molar-refractivity contribution in [1.29, 1.82) is 0 Å². The van der Waals surface area contributed by atoms with E-state index in [0.29, 0.717) is 11.4 Å². The zero-order chi connectivity index (χ0) is 15.1. The summed E-state index contributed by atoms with van der Waals surface area (Å²) >= 11 is 3.28. The predicted octanol–water partition coefficient (Wildman–Crippen LogP) is 1.93. The third-order valence-electron chi connectivity index (χ3n) is 2.36. The topological polar surface area (TPSA) is 83.5 Å². The SMILES string of the molecule is O=C(N/N=C\c1ccccn1)C(=O)Nc1ccc(Br)cc1. The zero-order valence-corrected chi connectivity index (χ0v) is 12.4. The zero-order valence-electron chi connectivity index (χ0n) is 10.8. The van der Waals surface area contributed by atoms with Crippen LogP contribution in [0.1, 0.15) is 5.69 Å². The lowest BCUT2D eigenvalue weighted by Crippen LogP contribution is -2.32. The van der Waals surface area contributed by atoms with Crippen molar-refractivity contribution in [2.45, 2.75) is 0 Å². The van der Waals surface area contributed by atoms with Crippen LogP contribution in [0.15, 0.2) is 58.2 Å². The molecule has 0 fully saturated rings. The molecule has 0 bridgehead atoms. The first-order valence-electron chi connectivity index (χ1n) is 5.96. The van der Waals surface area contributed by atoms with Crippen LogP contribution >= 0.6 is 15.9 Å². The van der Waals surface area contributed by atoms with E-state index in [0.717, 1.165) is 4.47 Å². The molecule has 1 aromatic heterocycles. The average molecular weight is 347 g/mol. The van der Waals surface area contributed by atoms with Crippen molar-refractivity contribution in [3.63, 3.8) is 0 Å². The molecule has 0 spiro atoms. The first-order chi connectivity index (χ1) is 10.1. The van der Waals surface area contributed by atoms with E-state index in [1.165, 1.54) is 6.21 Å². The third kappa shape index (κ3) is 4.81. The van der Waals surface area contributed by atoms with Crippen LogP contribution < -0.4 is 10.7 Å². The van der Waals surface area contributed by atoms with E-state index in [9.17, 15) is 9.59 Å². The van der Waals surface area contributed by atoms with Gasteiger partial charge in [0, 0.05) is 16.4 Å². The molecule has 2 aromatic rings.